The number of carboxylic acids is 1. The van der Waals surface area contributed by atoms with Gasteiger partial charge < -0.3 is 5.11 Å². The van der Waals surface area contributed by atoms with E-state index in [0.717, 1.165) is 6.26 Å². The minimum Gasteiger partial charge on any atom is -0.480 e. The van der Waals surface area contributed by atoms with Gasteiger partial charge in [-0.2, -0.15) is 4.72 Å². The predicted molar refractivity (Wildman–Crippen MR) is 67.1 cm³/mol. The molecule has 0 aromatic heterocycles. The number of hydrogen-bond acceptors (Lipinski definition) is 3. The second kappa shape index (κ2) is 6.36. The lowest BCUT2D eigenvalue weighted by molar-refractivity contribution is -0.137. The van der Waals surface area contributed by atoms with Crippen molar-refractivity contribution in [3.8, 4) is 0 Å². The number of hydrogen-bond donors (Lipinski definition) is 2. The maximum absolute atomic E-state index is 11.1. The van der Waals surface area contributed by atoms with Crippen LogP contribution in [0.5, 0.6) is 0 Å². The van der Waals surface area contributed by atoms with Gasteiger partial charge in [0.1, 0.15) is 6.04 Å². The largest absolute Gasteiger partial charge is 0.480 e. The van der Waals surface area contributed by atoms with E-state index in [9.17, 15) is 13.2 Å². The Kier molecular flexibility index (Phi) is 5.84. The van der Waals surface area contributed by atoms with Crippen molar-refractivity contribution in [3.05, 3.63) is 36.0 Å². The Bertz CT molecular complexity index is 460. The average Bonchev–Trinajstić information content (AvgIpc) is 2.14. The van der Waals surface area contributed by atoms with Crippen LogP contribution in [-0.4, -0.2) is 31.8 Å². The summed E-state index contributed by atoms with van der Waals surface area (Å²) >= 11 is 0. The van der Waals surface area contributed by atoms with E-state index in [4.69, 9.17) is 5.11 Å². The minimum atomic E-state index is -3.61. The number of carboxylic acid groups (broad SMARTS) is 1. The Hall–Kier alpha value is -1.40. The third kappa shape index (κ3) is 6.03. The van der Waals surface area contributed by atoms with Gasteiger partial charge in [-0.05, 0) is 19.4 Å². The van der Waals surface area contributed by atoms with E-state index in [1.807, 2.05) is 0 Å². The molecule has 0 heterocycles. The van der Waals surface area contributed by atoms with Gasteiger partial charge in [0.05, 0.1) is 6.26 Å². The Balaban J connectivity index is 5.41. The molecule has 0 aliphatic carbocycles. The van der Waals surface area contributed by atoms with Gasteiger partial charge in [-0.1, -0.05) is 30.4 Å². The summed E-state index contributed by atoms with van der Waals surface area (Å²) in [5.74, 6) is -1.27. The molecule has 0 radical (unpaired) electrons. The maximum atomic E-state index is 11.1. The molecule has 0 aliphatic rings. The third-order valence-electron chi connectivity index (χ3n) is 1.85. The highest BCUT2D eigenvalue weighted by molar-refractivity contribution is 7.88. The summed E-state index contributed by atoms with van der Waals surface area (Å²) in [5, 5.41) is 9.02. The molecule has 6 heteroatoms. The van der Waals surface area contributed by atoms with Crippen molar-refractivity contribution in [2.24, 2.45) is 0 Å². The zero-order valence-electron chi connectivity index (χ0n) is 10.1. The molecule has 0 spiro atoms. The lowest BCUT2D eigenvalue weighted by Crippen LogP contribution is -2.41. The molecule has 0 saturated heterocycles. The van der Waals surface area contributed by atoms with Crippen LogP contribution < -0.4 is 4.72 Å². The number of carbonyl (C=O) groups is 1. The molecule has 0 aliphatic heterocycles. The molecule has 5 nitrogen and oxygen atoms in total. The van der Waals surface area contributed by atoms with E-state index in [1.165, 1.54) is 6.08 Å². The van der Waals surface area contributed by atoms with Crippen molar-refractivity contribution in [2.45, 2.75) is 19.9 Å². The minimum absolute atomic E-state index is 0.320. The zero-order chi connectivity index (χ0) is 13.6. The van der Waals surface area contributed by atoms with Crippen LogP contribution >= 0.6 is 0 Å². The molecular weight excluding hydrogens is 242 g/mol. The highest BCUT2D eigenvalue weighted by atomic mass is 32.2. The summed E-state index contributed by atoms with van der Waals surface area (Å²) in [5.41, 5.74) is 0.813. The van der Waals surface area contributed by atoms with Crippen LogP contribution in [0.2, 0.25) is 0 Å². The SMILES string of the molecule is C=C(C)/C(=C\C=C/C)C(NS(C)(=O)=O)C(=O)O. The standard InChI is InChI=1S/C11H17NO4S/c1-5-6-7-9(8(2)3)10(11(13)14)12-17(4,15)16/h5-7,10,12H,2H2,1,3-4H3,(H,13,14)/b6-5-,9-7+. The van der Waals surface area contributed by atoms with Gasteiger partial charge in [0.15, 0.2) is 0 Å². The lowest BCUT2D eigenvalue weighted by atomic mass is 10.0. The second-order valence-electron chi connectivity index (χ2n) is 3.59. The molecule has 0 bridgehead atoms. The first kappa shape index (κ1) is 15.6. The van der Waals surface area contributed by atoms with E-state index < -0.39 is 22.0 Å². The fourth-order valence-corrected chi connectivity index (χ4v) is 1.80. The van der Waals surface area contributed by atoms with Gasteiger partial charge in [-0.3, -0.25) is 4.79 Å². The molecule has 0 rings (SSSR count). The zero-order valence-corrected chi connectivity index (χ0v) is 10.9. The molecule has 0 amide bonds. The highest BCUT2D eigenvalue weighted by Crippen LogP contribution is 2.13. The summed E-state index contributed by atoms with van der Waals surface area (Å²) in [6, 6.07) is -1.32. The summed E-state index contributed by atoms with van der Waals surface area (Å²) in [6.07, 6.45) is 5.78. The number of rotatable bonds is 6. The molecule has 96 valence electrons. The topological polar surface area (TPSA) is 83.5 Å². The monoisotopic (exact) mass is 259 g/mol. The Morgan fingerprint density at radius 1 is 1.47 bits per heavy atom. The maximum Gasteiger partial charge on any atom is 0.326 e. The molecule has 1 atom stereocenters. The van der Waals surface area contributed by atoms with E-state index >= 15 is 0 Å². The van der Waals surface area contributed by atoms with Crippen LogP contribution in [-0.2, 0) is 14.8 Å². The van der Waals surface area contributed by atoms with Crippen molar-refractivity contribution in [1.82, 2.24) is 4.72 Å². The summed E-state index contributed by atoms with van der Waals surface area (Å²) in [7, 11) is -3.61. The van der Waals surface area contributed by atoms with Gasteiger partial charge in [-0.25, -0.2) is 8.42 Å². The number of sulfonamides is 1. The molecule has 0 aromatic rings. The first-order chi connectivity index (χ1) is 7.69. The molecule has 0 fully saturated rings. The van der Waals surface area contributed by atoms with Gasteiger partial charge in [-0.15, -0.1) is 0 Å². The van der Waals surface area contributed by atoms with Crippen molar-refractivity contribution in [2.75, 3.05) is 6.26 Å². The van der Waals surface area contributed by atoms with Gasteiger partial charge >= 0.3 is 5.97 Å². The van der Waals surface area contributed by atoms with E-state index in [2.05, 4.69) is 11.3 Å². The van der Waals surface area contributed by atoms with Gasteiger partial charge in [0, 0.05) is 0 Å². The normalized spacial score (nSPS) is 14.9. The van der Waals surface area contributed by atoms with E-state index in [0.29, 0.717) is 11.1 Å². The van der Waals surface area contributed by atoms with Crippen LogP contribution in [0.4, 0.5) is 0 Å². The smallest absolute Gasteiger partial charge is 0.326 e. The Morgan fingerprint density at radius 2 is 2.00 bits per heavy atom. The number of nitrogens with one attached hydrogen (secondary N) is 1. The first-order valence-electron chi connectivity index (χ1n) is 4.88. The van der Waals surface area contributed by atoms with Gasteiger partial charge in [0.25, 0.3) is 0 Å². The molecule has 0 aromatic carbocycles. The summed E-state index contributed by atoms with van der Waals surface area (Å²) in [6.45, 7) is 7.03. The lowest BCUT2D eigenvalue weighted by Gasteiger charge is -2.16. The summed E-state index contributed by atoms with van der Waals surface area (Å²) in [4.78, 5) is 11.1. The molecule has 17 heavy (non-hydrogen) atoms. The average molecular weight is 259 g/mol. The van der Waals surface area contributed by atoms with Crippen molar-refractivity contribution in [1.29, 1.82) is 0 Å². The second-order valence-corrected chi connectivity index (χ2v) is 5.37. The fourth-order valence-electron chi connectivity index (χ4n) is 1.15. The van der Waals surface area contributed by atoms with Crippen molar-refractivity contribution >= 4 is 16.0 Å². The molecule has 2 N–H and O–H groups in total. The van der Waals surface area contributed by atoms with Crippen LogP contribution in [0.3, 0.4) is 0 Å². The van der Waals surface area contributed by atoms with Crippen molar-refractivity contribution in [3.63, 3.8) is 0 Å². The van der Waals surface area contributed by atoms with Crippen LogP contribution in [0.1, 0.15) is 13.8 Å². The Morgan fingerprint density at radius 3 is 2.29 bits per heavy atom. The number of allylic oxidation sites excluding steroid dienone is 3. The first-order valence-corrected chi connectivity index (χ1v) is 6.77. The van der Waals surface area contributed by atoms with Gasteiger partial charge in [0.2, 0.25) is 10.0 Å². The predicted octanol–water partition coefficient (Wildman–Crippen LogP) is 1.07. The molecular formula is C11H17NO4S. The Labute approximate surface area is 102 Å². The van der Waals surface area contributed by atoms with Crippen LogP contribution in [0.15, 0.2) is 36.0 Å². The van der Waals surface area contributed by atoms with Crippen LogP contribution in [0, 0.1) is 0 Å². The third-order valence-corrected chi connectivity index (χ3v) is 2.51. The quantitative estimate of drug-likeness (QED) is 0.699. The molecule has 0 saturated carbocycles. The molecule has 1 unspecified atom stereocenters. The number of aliphatic carboxylic acids is 1. The van der Waals surface area contributed by atoms with Crippen LogP contribution in [0.25, 0.3) is 0 Å². The highest BCUT2D eigenvalue weighted by Gasteiger charge is 2.25. The fraction of sp³-hybridized carbons (Fsp3) is 0.364. The van der Waals surface area contributed by atoms with E-state index in [-0.39, 0.29) is 0 Å². The van der Waals surface area contributed by atoms with E-state index in [1.54, 1.807) is 26.0 Å². The summed E-state index contributed by atoms with van der Waals surface area (Å²) < 4.78 is 24.3. The van der Waals surface area contributed by atoms with Crippen molar-refractivity contribution < 1.29 is 18.3 Å².